The third-order valence-electron chi connectivity index (χ3n) is 4.13. The van der Waals surface area contributed by atoms with E-state index < -0.39 is 0 Å². The molecule has 2 rings (SSSR count). The Hall–Kier alpha value is -1.55. The molecule has 22 heavy (non-hydrogen) atoms. The molecule has 1 atom stereocenters. The lowest BCUT2D eigenvalue weighted by atomic mass is 10.0. The predicted molar refractivity (Wildman–Crippen MR) is 87.1 cm³/mol. The van der Waals surface area contributed by atoms with Gasteiger partial charge in [-0.25, -0.2) is 0 Å². The van der Waals surface area contributed by atoms with Crippen molar-refractivity contribution in [3.05, 3.63) is 29.3 Å². The second-order valence-electron chi connectivity index (χ2n) is 6.51. The molecule has 0 saturated heterocycles. The zero-order valence-corrected chi connectivity index (χ0v) is 13.8. The summed E-state index contributed by atoms with van der Waals surface area (Å²) in [5.74, 6) is 1.56. The second-order valence-corrected chi connectivity index (χ2v) is 6.51. The van der Waals surface area contributed by atoms with Crippen molar-refractivity contribution in [1.82, 2.24) is 5.32 Å². The maximum absolute atomic E-state index is 12.1. The Kier molecular flexibility index (Phi) is 5.83. The number of rotatable bonds is 8. The molecule has 122 valence electrons. The van der Waals surface area contributed by atoms with Gasteiger partial charge in [0, 0.05) is 12.6 Å². The Morgan fingerprint density at radius 3 is 2.73 bits per heavy atom. The minimum Gasteiger partial charge on any atom is -0.483 e. The van der Waals surface area contributed by atoms with Gasteiger partial charge in [0.05, 0.1) is 0 Å². The van der Waals surface area contributed by atoms with E-state index in [9.17, 15) is 4.79 Å². The van der Waals surface area contributed by atoms with Gasteiger partial charge in [-0.3, -0.25) is 4.79 Å². The van der Waals surface area contributed by atoms with Crippen molar-refractivity contribution in [1.29, 1.82) is 0 Å². The van der Waals surface area contributed by atoms with Crippen LogP contribution in [-0.2, 0) is 4.79 Å². The lowest BCUT2D eigenvalue weighted by molar-refractivity contribution is -0.124. The molecule has 1 aromatic carbocycles. The number of hydrogen-bond acceptors (Lipinski definition) is 3. The molecule has 1 amide bonds. The summed E-state index contributed by atoms with van der Waals surface area (Å²) in [7, 11) is 0. The minimum absolute atomic E-state index is 0.0256. The summed E-state index contributed by atoms with van der Waals surface area (Å²) in [5.41, 5.74) is 2.24. The lowest BCUT2D eigenvalue weighted by Crippen LogP contribution is -2.39. The number of aliphatic hydroxyl groups is 1. The Morgan fingerprint density at radius 1 is 1.41 bits per heavy atom. The lowest BCUT2D eigenvalue weighted by Gasteiger charge is -2.18. The Balaban J connectivity index is 1.91. The maximum atomic E-state index is 12.1. The summed E-state index contributed by atoms with van der Waals surface area (Å²) in [6.45, 7) is 6.38. The third-order valence-corrected chi connectivity index (χ3v) is 4.13. The molecular formula is C18H27NO3. The molecular weight excluding hydrogens is 278 g/mol. The molecule has 1 saturated carbocycles. The highest BCUT2D eigenvalue weighted by molar-refractivity contribution is 5.78. The highest BCUT2D eigenvalue weighted by atomic mass is 16.5. The number of amides is 1. The average Bonchev–Trinajstić information content (AvgIpc) is 3.29. The van der Waals surface area contributed by atoms with E-state index in [1.165, 1.54) is 0 Å². The van der Waals surface area contributed by atoms with Crippen molar-refractivity contribution in [3.8, 4) is 5.75 Å². The molecule has 1 fully saturated rings. The van der Waals surface area contributed by atoms with Gasteiger partial charge in [-0.15, -0.1) is 0 Å². The molecule has 1 aliphatic rings. The number of benzene rings is 1. The van der Waals surface area contributed by atoms with Crippen LogP contribution in [0, 0.1) is 12.8 Å². The number of carbonyl (C=O) groups is 1. The molecule has 2 N–H and O–H groups in total. The van der Waals surface area contributed by atoms with Crippen LogP contribution in [0.25, 0.3) is 0 Å². The number of nitrogens with one attached hydrogen (secondary N) is 1. The van der Waals surface area contributed by atoms with Gasteiger partial charge in [0.15, 0.2) is 6.61 Å². The molecule has 4 heteroatoms. The van der Waals surface area contributed by atoms with E-state index in [2.05, 4.69) is 31.3 Å². The summed E-state index contributed by atoms with van der Waals surface area (Å²) in [6, 6.07) is 6.19. The number of aliphatic hydroxyl groups excluding tert-OH is 1. The van der Waals surface area contributed by atoms with Gasteiger partial charge in [0.25, 0.3) is 5.91 Å². The van der Waals surface area contributed by atoms with Crippen LogP contribution in [0.5, 0.6) is 5.75 Å². The zero-order valence-electron chi connectivity index (χ0n) is 13.8. The van der Waals surface area contributed by atoms with Crippen molar-refractivity contribution in [2.45, 2.75) is 52.0 Å². The van der Waals surface area contributed by atoms with Crippen LogP contribution >= 0.6 is 0 Å². The fraction of sp³-hybridized carbons (Fsp3) is 0.611. The number of hydrogen-bond donors (Lipinski definition) is 2. The first kappa shape index (κ1) is 16.8. The normalized spacial score (nSPS) is 15.7. The average molecular weight is 305 g/mol. The molecule has 0 aliphatic heterocycles. The number of ether oxygens (including phenoxy) is 1. The number of aryl methyl sites for hydroxylation is 1. The van der Waals surface area contributed by atoms with Crippen LogP contribution < -0.4 is 10.1 Å². The molecule has 1 aromatic rings. The van der Waals surface area contributed by atoms with Gasteiger partial charge < -0.3 is 15.2 Å². The Morgan fingerprint density at radius 2 is 2.14 bits per heavy atom. The summed E-state index contributed by atoms with van der Waals surface area (Å²) >= 11 is 0. The minimum atomic E-state index is -0.110. The molecule has 0 bridgehead atoms. The van der Waals surface area contributed by atoms with Crippen molar-refractivity contribution >= 4 is 5.91 Å². The van der Waals surface area contributed by atoms with E-state index in [1.54, 1.807) is 0 Å². The molecule has 4 nitrogen and oxygen atoms in total. The van der Waals surface area contributed by atoms with E-state index in [0.717, 1.165) is 29.7 Å². The summed E-state index contributed by atoms with van der Waals surface area (Å²) in [6.07, 6.45) is 2.90. The van der Waals surface area contributed by atoms with Gasteiger partial charge >= 0.3 is 0 Å². The Labute approximate surface area is 132 Å². The van der Waals surface area contributed by atoms with Crippen LogP contribution in [0.15, 0.2) is 18.2 Å². The first-order valence-electron chi connectivity index (χ1n) is 8.14. The molecule has 1 aliphatic carbocycles. The highest BCUT2D eigenvalue weighted by Gasteiger charge is 2.31. The van der Waals surface area contributed by atoms with Crippen LogP contribution in [0.2, 0.25) is 0 Å². The van der Waals surface area contributed by atoms with Crippen molar-refractivity contribution in [2.75, 3.05) is 13.2 Å². The fourth-order valence-electron chi connectivity index (χ4n) is 2.70. The van der Waals surface area contributed by atoms with Crippen LogP contribution in [0.3, 0.4) is 0 Å². The third kappa shape index (κ3) is 4.73. The van der Waals surface area contributed by atoms with Crippen LogP contribution in [-0.4, -0.2) is 30.3 Å². The molecule has 1 unspecified atom stereocenters. The van der Waals surface area contributed by atoms with Crippen LogP contribution in [0.1, 0.15) is 50.2 Å². The molecule has 0 heterocycles. The van der Waals surface area contributed by atoms with Gasteiger partial charge in [0.2, 0.25) is 0 Å². The second kappa shape index (κ2) is 7.63. The SMILES string of the molecule is Cc1ccc(C(C)C)c(OCC(=O)NC(CCO)C2CC2)c1. The molecule has 0 spiro atoms. The van der Waals surface area contributed by atoms with Gasteiger partial charge in [-0.2, -0.15) is 0 Å². The van der Waals surface area contributed by atoms with E-state index >= 15 is 0 Å². The van der Waals surface area contributed by atoms with Crippen LogP contribution in [0.4, 0.5) is 0 Å². The smallest absolute Gasteiger partial charge is 0.258 e. The van der Waals surface area contributed by atoms with Gasteiger partial charge in [0.1, 0.15) is 5.75 Å². The largest absolute Gasteiger partial charge is 0.483 e. The van der Waals surface area contributed by atoms with Crippen molar-refractivity contribution in [3.63, 3.8) is 0 Å². The summed E-state index contributed by atoms with van der Waals surface area (Å²) in [4.78, 5) is 12.1. The van der Waals surface area contributed by atoms with Crippen molar-refractivity contribution in [2.24, 2.45) is 5.92 Å². The summed E-state index contributed by atoms with van der Waals surface area (Å²) < 4.78 is 5.75. The number of carbonyl (C=O) groups excluding carboxylic acids is 1. The van der Waals surface area contributed by atoms with Gasteiger partial charge in [-0.05, 0) is 55.2 Å². The quantitative estimate of drug-likeness (QED) is 0.776. The predicted octanol–water partition coefficient (Wildman–Crippen LogP) is 2.77. The van der Waals surface area contributed by atoms with E-state index in [4.69, 9.17) is 9.84 Å². The fourth-order valence-corrected chi connectivity index (χ4v) is 2.70. The molecule has 0 radical (unpaired) electrons. The van der Waals surface area contributed by atoms with Gasteiger partial charge in [-0.1, -0.05) is 26.0 Å². The van der Waals surface area contributed by atoms with E-state index in [-0.39, 0.29) is 25.2 Å². The van der Waals surface area contributed by atoms with E-state index in [1.807, 2.05) is 13.0 Å². The standard InChI is InChI=1S/C18H27NO3/c1-12(2)15-7-4-13(3)10-17(15)22-11-18(21)19-16(8-9-20)14-5-6-14/h4,7,10,12,14,16,20H,5-6,8-9,11H2,1-3H3,(H,19,21). The zero-order chi connectivity index (χ0) is 16.1. The first-order valence-corrected chi connectivity index (χ1v) is 8.14. The maximum Gasteiger partial charge on any atom is 0.258 e. The highest BCUT2D eigenvalue weighted by Crippen LogP contribution is 2.34. The summed E-state index contributed by atoms with van der Waals surface area (Å²) in [5, 5.41) is 12.1. The topological polar surface area (TPSA) is 58.6 Å². The Bertz CT molecular complexity index is 509. The monoisotopic (exact) mass is 305 g/mol. The van der Waals surface area contributed by atoms with E-state index in [0.29, 0.717) is 18.3 Å². The molecule has 0 aromatic heterocycles. The van der Waals surface area contributed by atoms with Crippen molar-refractivity contribution < 1.29 is 14.6 Å². The first-order chi connectivity index (χ1) is 10.5.